The van der Waals surface area contributed by atoms with E-state index >= 15 is 0 Å². The van der Waals surface area contributed by atoms with E-state index in [-0.39, 0.29) is 28.7 Å². The van der Waals surface area contributed by atoms with Crippen LogP contribution in [0.4, 0.5) is 0 Å². The molecule has 1 fully saturated rings. The Morgan fingerprint density at radius 3 is 2.00 bits per heavy atom. The van der Waals surface area contributed by atoms with Gasteiger partial charge >= 0.3 is 0 Å². The molecule has 1 aliphatic heterocycles. The minimum atomic E-state index is -0.0232. The van der Waals surface area contributed by atoms with Gasteiger partial charge < -0.3 is 10.2 Å². The highest BCUT2D eigenvalue weighted by Crippen LogP contribution is 2.23. The molecule has 0 bridgehead atoms. The summed E-state index contributed by atoms with van der Waals surface area (Å²) in [5.41, 5.74) is 2.02. The fourth-order valence-corrected chi connectivity index (χ4v) is 3.23. The topological polar surface area (TPSA) is 49.4 Å². The molecule has 1 saturated heterocycles. The zero-order valence-corrected chi connectivity index (χ0v) is 17.2. The van der Waals surface area contributed by atoms with Gasteiger partial charge in [0.2, 0.25) is 5.91 Å². The van der Waals surface area contributed by atoms with E-state index in [0.717, 1.165) is 25.9 Å². The van der Waals surface area contributed by atoms with Crippen LogP contribution in [0.15, 0.2) is 24.3 Å². The van der Waals surface area contributed by atoms with E-state index in [1.165, 1.54) is 5.56 Å². The second-order valence-corrected chi connectivity index (χ2v) is 9.69. The second kappa shape index (κ2) is 7.81. The number of amides is 2. The monoisotopic (exact) mass is 358 g/mol. The summed E-state index contributed by atoms with van der Waals surface area (Å²) in [6.07, 6.45) is 2.22. The highest BCUT2D eigenvalue weighted by atomic mass is 16.2. The molecule has 144 valence electrons. The molecule has 0 aliphatic carbocycles. The first kappa shape index (κ1) is 20.5. The van der Waals surface area contributed by atoms with Crippen molar-refractivity contribution in [2.45, 2.75) is 72.3 Å². The number of hydrogen-bond acceptors (Lipinski definition) is 2. The third kappa shape index (κ3) is 5.86. The fourth-order valence-electron chi connectivity index (χ4n) is 3.23. The Morgan fingerprint density at radius 1 is 1.00 bits per heavy atom. The minimum absolute atomic E-state index is 0.0152. The van der Waals surface area contributed by atoms with E-state index in [1.54, 1.807) is 0 Å². The zero-order valence-electron chi connectivity index (χ0n) is 17.2. The summed E-state index contributed by atoms with van der Waals surface area (Å²) in [4.78, 5) is 26.7. The molecule has 2 rings (SSSR count). The standard InChI is InChI=1S/C22H34N2O2/c1-21(2,3)15-19(25)24-13-11-18(12-14-24)23-20(26)16-7-9-17(10-8-16)22(4,5)6/h7-10,18H,11-15H2,1-6H3,(H,23,26). The van der Waals surface area contributed by atoms with E-state index in [1.807, 2.05) is 29.2 Å². The Hall–Kier alpha value is -1.84. The lowest BCUT2D eigenvalue weighted by molar-refractivity contribution is -0.134. The summed E-state index contributed by atoms with van der Waals surface area (Å²) in [6, 6.07) is 8.00. The van der Waals surface area contributed by atoms with Crippen LogP contribution in [0, 0.1) is 5.41 Å². The third-order valence-corrected chi connectivity index (χ3v) is 4.88. The molecule has 0 spiro atoms. The van der Waals surface area contributed by atoms with Crippen LogP contribution in [-0.4, -0.2) is 35.8 Å². The first-order chi connectivity index (χ1) is 12.0. The van der Waals surface area contributed by atoms with Gasteiger partial charge in [-0.3, -0.25) is 9.59 Å². The Kier molecular flexibility index (Phi) is 6.15. The molecule has 0 unspecified atom stereocenters. The second-order valence-electron chi connectivity index (χ2n) is 9.69. The van der Waals surface area contributed by atoms with Crippen LogP contribution < -0.4 is 5.32 Å². The van der Waals surface area contributed by atoms with Crippen molar-refractivity contribution in [3.63, 3.8) is 0 Å². The molecule has 0 saturated carbocycles. The maximum Gasteiger partial charge on any atom is 0.251 e. The van der Waals surface area contributed by atoms with Crippen LogP contribution >= 0.6 is 0 Å². The fraction of sp³-hybridized carbons (Fsp3) is 0.636. The van der Waals surface area contributed by atoms with Gasteiger partial charge in [-0.05, 0) is 41.4 Å². The summed E-state index contributed by atoms with van der Waals surface area (Å²) in [6.45, 7) is 14.2. The summed E-state index contributed by atoms with van der Waals surface area (Å²) in [5, 5.41) is 3.12. The number of nitrogens with one attached hydrogen (secondary N) is 1. The molecule has 2 amide bonds. The number of carbonyl (C=O) groups is 2. The highest BCUT2D eigenvalue weighted by Gasteiger charge is 2.26. The predicted octanol–water partition coefficient (Wildman–Crippen LogP) is 4.14. The molecule has 1 aliphatic rings. The SMILES string of the molecule is CC(C)(C)CC(=O)N1CCC(NC(=O)c2ccc(C(C)(C)C)cc2)CC1. The maximum absolute atomic E-state index is 12.5. The molecule has 4 nitrogen and oxygen atoms in total. The smallest absolute Gasteiger partial charge is 0.251 e. The summed E-state index contributed by atoms with van der Waals surface area (Å²) in [7, 11) is 0. The lowest BCUT2D eigenvalue weighted by Gasteiger charge is -2.34. The normalized spacial score (nSPS) is 16.5. The van der Waals surface area contributed by atoms with Crippen molar-refractivity contribution in [3.8, 4) is 0 Å². The quantitative estimate of drug-likeness (QED) is 0.883. The van der Waals surface area contributed by atoms with Crippen LogP contribution in [0.5, 0.6) is 0 Å². The molecule has 0 radical (unpaired) electrons. The van der Waals surface area contributed by atoms with Crippen molar-refractivity contribution in [1.29, 1.82) is 0 Å². The van der Waals surface area contributed by atoms with E-state index in [0.29, 0.717) is 12.0 Å². The largest absolute Gasteiger partial charge is 0.349 e. The van der Waals surface area contributed by atoms with Gasteiger partial charge in [0.15, 0.2) is 0 Å². The maximum atomic E-state index is 12.5. The molecule has 1 aromatic rings. The number of rotatable bonds is 3. The molecule has 1 N–H and O–H groups in total. The van der Waals surface area contributed by atoms with Crippen molar-refractivity contribution in [2.24, 2.45) is 5.41 Å². The first-order valence-electron chi connectivity index (χ1n) is 9.65. The highest BCUT2D eigenvalue weighted by molar-refractivity contribution is 5.94. The van der Waals surface area contributed by atoms with Crippen LogP contribution in [0.2, 0.25) is 0 Å². The average Bonchev–Trinajstić information content (AvgIpc) is 2.53. The van der Waals surface area contributed by atoms with E-state index in [2.05, 4.69) is 46.9 Å². The van der Waals surface area contributed by atoms with Gasteiger partial charge in [-0.25, -0.2) is 0 Å². The van der Waals surface area contributed by atoms with E-state index < -0.39 is 0 Å². The summed E-state index contributed by atoms with van der Waals surface area (Å²) >= 11 is 0. The van der Waals surface area contributed by atoms with Crippen molar-refractivity contribution in [1.82, 2.24) is 10.2 Å². The summed E-state index contributed by atoms with van der Waals surface area (Å²) < 4.78 is 0. The Morgan fingerprint density at radius 2 is 1.54 bits per heavy atom. The number of hydrogen-bond donors (Lipinski definition) is 1. The zero-order chi connectivity index (χ0) is 19.5. The molecule has 4 heteroatoms. The average molecular weight is 359 g/mol. The van der Waals surface area contributed by atoms with Crippen molar-refractivity contribution < 1.29 is 9.59 Å². The van der Waals surface area contributed by atoms with Crippen LogP contribution in [-0.2, 0) is 10.2 Å². The Bertz CT molecular complexity index is 628. The lowest BCUT2D eigenvalue weighted by Crippen LogP contribution is -2.47. The van der Waals surface area contributed by atoms with E-state index in [4.69, 9.17) is 0 Å². The van der Waals surface area contributed by atoms with Gasteiger partial charge in [0.1, 0.15) is 0 Å². The van der Waals surface area contributed by atoms with Gasteiger partial charge in [-0.2, -0.15) is 0 Å². The molecule has 26 heavy (non-hydrogen) atoms. The van der Waals surface area contributed by atoms with Gasteiger partial charge in [0.05, 0.1) is 0 Å². The van der Waals surface area contributed by atoms with Crippen LogP contribution in [0.25, 0.3) is 0 Å². The molecular weight excluding hydrogens is 324 g/mol. The van der Waals surface area contributed by atoms with Gasteiger partial charge in [-0.1, -0.05) is 53.7 Å². The van der Waals surface area contributed by atoms with Gasteiger partial charge in [0, 0.05) is 31.1 Å². The molecule has 1 heterocycles. The van der Waals surface area contributed by atoms with Crippen LogP contribution in [0.1, 0.15) is 76.7 Å². The number of benzene rings is 1. The van der Waals surface area contributed by atoms with Crippen molar-refractivity contribution in [2.75, 3.05) is 13.1 Å². The Labute approximate surface area is 158 Å². The van der Waals surface area contributed by atoms with Crippen molar-refractivity contribution >= 4 is 11.8 Å². The molecule has 0 aromatic heterocycles. The molecule has 1 aromatic carbocycles. The van der Waals surface area contributed by atoms with Crippen LogP contribution in [0.3, 0.4) is 0 Å². The predicted molar refractivity (Wildman–Crippen MR) is 106 cm³/mol. The number of nitrogens with zero attached hydrogens (tertiary/aromatic N) is 1. The number of likely N-dealkylation sites (tertiary alicyclic amines) is 1. The summed E-state index contributed by atoms with van der Waals surface area (Å²) in [5.74, 6) is 0.199. The van der Waals surface area contributed by atoms with Gasteiger partial charge in [-0.15, -0.1) is 0 Å². The van der Waals surface area contributed by atoms with Crippen molar-refractivity contribution in [3.05, 3.63) is 35.4 Å². The van der Waals surface area contributed by atoms with E-state index in [9.17, 15) is 9.59 Å². The lowest BCUT2D eigenvalue weighted by atomic mass is 9.86. The Balaban J connectivity index is 1.85. The minimum Gasteiger partial charge on any atom is -0.349 e. The number of piperidine rings is 1. The molecule has 0 atom stereocenters. The third-order valence-electron chi connectivity index (χ3n) is 4.88. The first-order valence-corrected chi connectivity index (χ1v) is 9.65. The molecular formula is C22H34N2O2. The van der Waals surface area contributed by atoms with Gasteiger partial charge in [0.25, 0.3) is 5.91 Å². The number of carbonyl (C=O) groups excluding carboxylic acids is 2.